The third kappa shape index (κ3) is 1.23. The predicted octanol–water partition coefficient (Wildman–Crippen LogP) is -1.04. The quantitative estimate of drug-likeness (QED) is 0.490. The summed E-state index contributed by atoms with van der Waals surface area (Å²) in [6.45, 7) is 1.98. The molecule has 0 spiro atoms. The summed E-state index contributed by atoms with van der Waals surface area (Å²) in [6, 6.07) is 0. The Morgan fingerprint density at radius 3 is 2.73 bits per heavy atom. The Balaban J connectivity index is 2.56. The van der Waals surface area contributed by atoms with Crippen molar-refractivity contribution in [1.29, 1.82) is 0 Å². The van der Waals surface area contributed by atoms with Gasteiger partial charge in [-0.1, -0.05) is 13.3 Å². The van der Waals surface area contributed by atoms with Crippen molar-refractivity contribution in [3.8, 4) is 0 Å². The molecule has 4 heteroatoms. The van der Waals surface area contributed by atoms with Crippen molar-refractivity contribution in [3.63, 3.8) is 0 Å². The summed E-state index contributed by atoms with van der Waals surface area (Å²) in [6.07, 6.45) is 0.418. The zero-order valence-electron chi connectivity index (χ0n) is 6.58. The van der Waals surface area contributed by atoms with Crippen molar-refractivity contribution in [2.45, 2.75) is 31.4 Å². The first kappa shape index (κ1) is 8.49. The monoisotopic (exact) mass is 158 g/mol. The predicted molar refractivity (Wildman–Crippen MR) is 40.5 cm³/mol. The molecule has 0 bridgehead atoms. The van der Waals surface area contributed by atoms with Crippen LogP contribution in [0.3, 0.4) is 0 Å². The van der Waals surface area contributed by atoms with Crippen LogP contribution in [-0.2, 0) is 4.79 Å². The molecule has 0 aromatic rings. The van der Waals surface area contributed by atoms with Crippen LogP contribution in [0.5, 0.6) is 0 Å². The maximum absolute atomic E-state index is 10.5. The minimum absolute atomic E-state index is 0.255. The van der Waals surface area contributed by atoms with Crippen LogP contribution in [0.1, 0.15) is 19.8 Å². The molecule has 1 fully saturated rings. The molecule has 1 aliphatic rings. The molecule has 1 saturated carbocycles. The molecule has 1 rings (SSSR count). The van der Waals surface area contributed by atoms with Crippen molar-refractivity contribution >= 4 is 5.91 Å². The fraction of sp³-hybridized carbons (Fsp3) is 0.857. The van der Waals surface area contributed by atoms with E-state index >= 15 is 0 Å². The van der Waals surface area contributed by atoms with E-state index in [2.05, 4.69) is 0 Å². The Bertz CT molecular complexity index is 183. The normalized spacial score (nSPS) is 38.3. The molecule has 0 heterocycles. The molecule has 0 saturated heterocycles. The number of primary amides is 1. The maximum atomic E-state index is 10.5. The van der Waals surface area contributed by atoms with Crippen LogP contribution in [0.2, 0.25) is 0 Å². The molecule has 0 aliphatic heterocycles. The van der Waals surface area contributed by atoms with Gasteiger partial charge >= 0.3 is 0 Å². The third-order valence-corrected chi connectivity index (χ3v) is 2.47. The molecular formula is C7H14N2O2. The summed E-state index contributed by atoms with van der Waals surface area (Å²) >= 11 is 0. The van der Waals surface area contributed by atoms with E-state index in [0.717, 1.165) is 6.42 Å². The van der Waals surface area contributed by atoms with Gasteiger partial charge in [-0.3, -0.25) is 4.79 Å². The molecule has 4 nitrogen and oxygen atoms in total. The van der Waals surface area contributed by atoms with Crippen LogP contribution in [-0.4, -0.2) is 22.7 Å². The van der Waals surface area contributed by atoms with Crippen molar-refractivity contribution in [2.75, 3.05) is 0 Å². The number of rotatable bonds is 3. The molecule has 64 valence electrons. The number of carbonyl (C=O) groups is 1. The highest BCUT2D eigenvalue weighted by molar-refractivity contribution is 5.81. The Kier molecular flexibility index (Phi) is 1.90. The Morgan fingerprint density at radius 1 is 1.91 bits per heavy atom. The molecule has 5 N–H and O–H groups in total. The van der Waals surface area contributed by atoms with E-state index in [1.165, 1.54) is 0 Å². The lowest BCUT2D eigenvalue weighted by atomic mass is 10.1. The maximum Gasteiger partial charge on any atom is 0.248 e. The van der Waals surface area contributed by atoms with Gasteiger partial charge in [0, 0.05) is 0 Å². The number of carbonyl (C=O) groups excluding carboxylic acids is 1. The zero-order chi connectivity index (χ0) is 8.65. The van der Waals surface area contributed by atoms with Gasteiger partial charge in [0.1, 0.15) is 0 Å². The SMILES string of the molecule is CCC1CC1(N)C(O)C(N)=O. The van der Waals surface area contributed by atoms with Crippen LogP contribution in [0.15, 0.2) is 0 Å². The molecule has 3 atom stereocenters. The van der Waals surface area contributed by atoms with Gasteiger partial charge < -0.3 is 16.6 Å². The minimum Gasteiger partial charge on any atom is -0.381 e. The lowest BCUT2D eigenvalue weighted by Crippen LogP contribution is -2.47. The van der Waals surface area contributed by atoms with Crippen molar-refractivity contribution in [3.05, 3.63) is 0 Å². The van der Waals surface area contributed by atoms with E-state index in [4.69, 9.17) is 11.5 Å². The van der Waals surface area contributed by atoms with E-state index in [-0.39, 0.29) is 5.92 Å². The second kappa shape index (κ2) is 2.46. The van der Waals surface area contributed by atoms with Crippen molar-refractivity contribution < 1.29 is 9.90 Å². The van der Waals surface area contributed by atoms with Gasteiger partial charge in [0.25, 0.3) is 0 Å². The lowest BCUT2D eigenvalue weighted by Gasteiger charge is -2.15. The van der Waals surface area contributed by atoms with Crippen LogP contribution in [0, 0.1) is 5.92 Å². The van der Waals surface area contributed by atoms with Gasteiger partial charge in [-0.15, -0.1) is 0 Å². The smallest absolute Gasteiger partial charge is 0.248 e. The number of hydrogen-bond acceptors (Lipinski definition) is 3. The first-order valence-electron chi connectivity index (χ1n) is 3.78. The molecule has 0 aromatic heterocycles. The van der Waals surface area contributed by atoms with Crippen LogP contribution in [0.25, 0.3) is 0 Å². The van der Waals surface area contributed by atoms with Gasteiger partial charge in [0.15, 0.2) is 6.10 Å². The highest BCUT2D eigenvalue weighted by Crippen LogP contribution is 2.45. The highest BCUT2D eigenvalue weighted by atomic mass is 16.3. The number of amides is 1. The zero-order valence-corrected chi connectivity index (χ0v) is 6.58. The van der Waals surface area contributed by atoms with E-state index in [1.807, 2.05) is 6.92 Å². The first-order chi connectivity index (χ1) is 5.02. The molecule has 3 unspecified atom stereocenters. The average Bonchev–Trinajstić information content (AvgIpc) is 2.61. The molecular weight excluding hydrogens is 144 g/mol. The van der Waals surface area contributed by atoms with Crippen LogP contribution >= 0.6 is 0 Å². The molecule has 0 radical (unpaired) electrons. The largest absolute Gasteiger partial charge is 0.381 e. The van der Waals surface area contributed by atoms with Crippen molar-refractivity contribution in [1.82, 2.24) is 0 Å². The molecule has 11 heavy (non-hydrogen) atoms. The van der Waals surface area contributed by atoms with Crippen LogP contribution in [0.4, 0.5) is 0 Å². The molecule has 0 aromatic carbocycles. The third-order valence-electron chi connectivity index (χ3n) is 2.47. The van der Waals surface area contributed by atoms with Gasteiger partial charge in [-0.2, -0.15) is 0 Å². The average molecular weight is 158 g/mol. The van der Waals surface area contributed by atoms with E-state index in [1.54, 1.807) is 0 Å². The highest BCUT2D eigenvalue weighted by Gasteiger charge is 2.56. The Morgan fingerprint density at radius 2 is 2.45 bits per heavy atom. The summed E-state index contributed by atoms with van der Waals surface area (Å²) in [5, 5.41) is 9.23. The minimum atomic E-state index is -1.17. The number of hydrogen-bond donors (Lipinski definition) is 3. The Labute approximate surface area is 65.6 Å². The van der Waals surface area contributed by atoms with Gasteiger partial charge in [0.05, 0.1) is 5.54 Å². The van der Waals surface area contributed by atoms with Crippen molar-refractivity contribution in [2.24, 2.45) is 17.4 Å². The summed E-state index contributed by atoms with van der Waals surface area (Å²) in [7, 11) is 0. The number of nitrogens with two attached hydrogens (primary N) is 2. The standard InChI is InChI=1S/C7H14N2O2/c1-2-4-3-7(4,9)5(10)6(8)11/h4-5,10H,2-3,9H2,1H3,(H2,8,11). The topological polar surface area (TPSA) is 89.3 Å². The molecule has 1 aliphatic carbocycles. The summed E-state index contributed by atoms with van der Waals surface area (Å²) in [4.78, 5) is 10.5. The fourth-order valence-corrected chi connectivity index (χ4v) is 1.49. The summed E-state index contributed by atoms with van der Waals surface area (Å²) in [5.74, 6) is -0.464. The van der Waals surface area contributed by atoms with E-state index in [0.29, 0.717) is 6.42 Å². The lowest BCUT2D eigenvalue weighted by molar-refractivity contribution is -0.127. The number of aliphatic hydroxyl groups is 1. The van der Waals surface area contributed by atoms with Gasteiger partial charge in [0.2, 0.25) is 5.91 Å². The fourth-order valence-electron chi connectivity index (χ4n) is 1.49. The van der Waals surface area contributed by atoms with E-state index < -0.39 is 17.6 Å². The van der Waals surface area contributed by atoms with Gasteiger partial charge in [-0.25, -0.2) is 0 Å². The summed E-state index contributed by atoms with van der Waals surface area (Å²) in [5.41, 5.74) is 9.88. The van der Waals surface area contributed by atoms with Gasteiger partial charge in [-0.05, 0) is 12.3 Å². The summed E-state index contributed by atoms with van der Waals surface area (Å²) < 4.78 is 0. The molecule has 1 amide bonds. The second-order valence-corrected chi connectivity index (χ2v) is 3.23. The first-order valence-corrected chi connectivity index (χ1v) is 3.78. The van der Waals surface area contributed by atoms with E-state index in [9.17, 15) is 9.90 Å². The Hall–Kier alpha value is -0.610. The van der Waals surface area contributed by atoms with Crippen LogP contribution < -0.4 is 11.5 Å². The second-order valence-electron chi connectivity index (χ2n) is 3.23. The number of aliphatic hydroxyl groups excluding tert-OH is 1.